The normalized spacial score (nSPS) is 32.1. The Kier molecular flexibility index (Phi) is 3.77. The molecule has 21 heavy (non-hydrogen) atoms. The first kappa shape index (κ1) is 14.6. The average Bonchev–Trinajstić information content (AvgIpc) is 2.46. The number of hydrogen-bond donors (Lipinski definition) is 1. The topological polar surface area (TPSA) is 47.3 Å². The Bertz CT molecular complexity index is 520. The van der Waals surface area contributed by atoms with E-state index in [0.29, 0.717) is 12.5 Å². The molecular formula is C18H24N2O. The third-order valence-corrected chi connectivity index (χ3v) is 5.42. The number of rotatable bonds is 3. The molecule has 1 N–H and O–H groups in total. The summed E-state index contributed by atoms with van der Waals surface area (Å²) in [6, 6.07) is 12.9. The fourth-order valence-electron chi connectivity index (χ4n) is 3.85. The summed E-state index contributed by atoms with van der Waals surface area (Å²) in [4.78, 5) is 2.42. The maximum atomic E-state index is 10.7. The van der Waals surface area contributed by atoms with Crippen molar-refractivity contribution in [3.63, 3.8) is 0 Å². The van der Waals surface area contributed by atoms with Gasteiger partial charge < -0.3 is 5.11 Å². The minimum Gasteiger partial charge on any atom is -0.382 e. The van der Waals surface area contributed by atoms with Crippen LogP contribution in [-0.4, -0.2) is 29.1 Å². The van der Waals surface area contributed by atoms with E-state index in [1.807, 2.05) is 30.3 Å². The van der Waals surface area contributed by atoms with Crippen molar-refractivity contribution >= 4 is 0 Å². The van der Waals surface area contributed by atoms with E-state index in [0.717, 1.165) is 44.3 Å². The lowest BCUT2D eigenvalue weighted by Crippen LogP contribution is -2.63. The van der Waals surface area contributed by atoms with Gasteiger partial charge in [-0.25, -0.2) is 0 Å². The van der Waals surface area contributed by atoms with E-state index >= 15 is 0 Å². The Morgan fingerprint density at radius 2 is 1.86 bits per heavy atom. The van der Waals surface area contributed by atoms with E-state index in [-0.39, 0.29) is 5.41 Å². The van der Waals surface area contributed by atoms with Crippen molar-refractivity contribution < 1.29 is 5.11 Å². The first-order valence-corrected chi connectivity index (χ1v) is 7.94. The summed E-state index contributed by atoms with van der Waals surface area (Å²) in [5.41, 5.74) is 0.590. The molecule has 1 aromatic rings. The molecule has 1 aliphatic heterocycles. The van der Waals surface area contributed by atoms with Crippen LogP contribution in [0.1, 0.15) is 44.6 Å². The van der Waals surface area contributed by atoms with Crippen LogP contribution in [0.5, 0.6) is 0 Å². The molecule has 1 aliphatic carbocycles. The Hall–Kier alpha value is -1.37. The van der Waals surface area contributed by atoms with Crippen molar-refractivity contribution in [2.45, 2.75) is 50.7 Å². The fraction of sp³-hybridized carbons (Fsp3) is 0.611. The van der Waals surface area contributed by atoms with Gasteiger partial charge in [0.1, 0.15) is 5.60 Å². The van der Waals surface area contributed by atoms with Crippen molar-refractivity contribution in [1.29, 1.82) is 5.26 Å². The molecule has 2 aliphatic rings. The lowest BCUT2D eigenvalue weighted by molar-refractivity contribution is -0.129. The minimum absolute atomic E-state index is 0.214. The maximum absolute atomic E-state index is 10.7. The number of nitriles is 1. The number of benzene rings is 1. The molecule has 0 unspecified atom stereocenters. The van der Waals surface area contributed by atoms with Gasteiger partial charge in [-0.05, 0) is 36.7 Å². The van der Waals surface area contributed by atoms with Crippen molar-refractivity contribution in [2.24, 2.45) is 5.41 Å². The lowest BCUT2D eigenvalue weighted by atomic mass is 9.71. The molecule has 112 valence electrons. The summed E-state index contributed by atoms with van der Waals surface area (Å²) in [6.45, 7) is 3.73. The third-order valence-electron chi connectivity index (χ3n) is 5.42. The average molecular weight is 284 g/mol. The van der Waals surface area contributed by atoms with Crippen LogP contribution >= 0.6 is 0 Å². The second kappa shape index (κ2) is 5.44. The number of likely N-dealkylation sites (tertiary alicyclic amines) is 1. The minimum atomic E-state index is -0.658. The molecule has 0 aromatic heterocycles. The molecule has 1 heterocycles. The van der Waals surface area contributed by atoms with Gasteiger partial charge in [-0.1, -0.05) is 37.3 Å². The summed E-state index contributed by atoms with van der Waals surface area (Å²) < 4.78 is 0. The first-order chi connectivity index (χ1) is 10.0. The summed E-state index contributed by atoms with van der Waals surface area (Å²) in [5, 5.41) is 19.6. The predicted octanol–water partition coefficient (Wildman–Crippen LogP) is 3.05. The maximum Gasteiger partial charge on any atom is 0.115 e. The van der Waals surface area contributed by atoms with E-state index in [1.165, 1.54) is 0 Å². The molecule has 3 heteroatoms. The van der Waals surface area contributed by atoms with Crippen LogP contribution < -0.4 is 0 Å². The highest BCUT2D eigenvalue weighted by atomic mass is 16.3. The molecule has 3 nitrogen and oxygen atoms in total. The van der Waals surface area contributed by atoms with Crippen molar-refractivity contribution in [1.82, 2.24) is 4.90 Å². The van der Waals surface area contributed by atoms with Crippen LogP contribution in [0.25, 0.3) is 0 Å². The van der Waals surface area contributed by atoms with Crippen LogP contribution in [0.4, 0.5) is 0 Å². The Labute approximate surface area is 127 Å². The van der Waals surface area contributed by atoms with Gasteiger partial charge in [0.15, 0.2) is 0 Å². The predicted molar refractivity (Wildman–Crippen MR) is 82.5 cm³/mol. The summed E-state index contributed by atoms with van der Waals surface area (Å²) in [5.74, 6) is 0. The molecule has 0 atom stereocenters. The monoisotopic (exact) mass is 284 g/mol. The third kappa shape index (κ3) is 2.84. The van der Waals surface area contributed by atoms with Crippen LogP contribution in [0.3, 0.4) is 0 Å². The van der Waals surface area contributed by atoms with Crippen molar-refractivity contribution in [3.8, 4) is 6.07 Å². The molecule has 1 saturated carbocycles. The van der Waals surface area contributed by atoms with Crippen LogP contribution in [-0.2, 0) is 5.60 Å². The van der Waals surface area contributed by atoms with Crippen LogP contribution in [0.15, 0.2) is 30.3 Å². The highest BCUT2D eigenvalue weighted by Gasteiger charge is 2.46. The van der Waals surface area contributed by atoms with E-state index in [2.05, 4.69) is 17.9 Å². The quantitative estimate of drug-likeness (QED) is 0.928. The zero-order valence-electron chi connectivity index (χ0n) is 12.8. The number of aliphatic hydroxyl groups is 1. The highest BCUT2D eigenvalue weighted by molar-refractivity contribution is 5.26. The Balaban J connectivity index is 1.55. The SMILES string of the molecule is C[C@]1(CC#N)CC[C@@H](N2CC(O)(c3ccccc3)C2)CC1. The number of hydrogen-bond acceptors (Lipinski definition) is 3. The fourth-order valence-corrected chi connectivity index (χ4v) is 3.85. The van der Waals surface area contributed by atoms with E-state index in [1.54, 1.807) is 0 Å². The van der Waals surface area contributed by atoms with Crippen molar-refractivity contribution in [2.75, 3.05) is 13.1 Å². The molecule has 0 amide bonds. The standard InChI is InChI=1S/C18H24N2O/c1-17(11-12-19)9-7-16(8-10-17)20-13-18(21,14-20)15-5-3-2-4-6-15/h2-6,16,21H,7-11,13-14H2,1H3/t16-,17+. The van der Waals surface area contributed by atoms with E-state index in [9.17, 15) is 5.11 Å². The first-order valence-electron chi connectivity index (χ1n) is 7.94. The molecule has 1 saturated heterocycles. The largest absolute Gasteiger partial charge is 0.382 e. The van der Waals surface area contributed by atoms with Gasteiger partial charge >= 0.3 is 0 Å². The molecule has 1 aromatic carbocycles. The molecular weight excluding hydrogens is 260 g/mol. The molecule has 0 radical (unpaired) electrons. The molecule has 2 fully saturated rings. The second-order valence-electron chi connectivity index (χ2n) is 7.18. The molecule has 0 spiro atoms. The van der Waals surface area contributed by atoms with E-state index < -0.39 is 5.60 Å². The highest BCUT2D eigenvalue weighted by Crippen LogP contribution is 2.43. The smallest absolute Gasteiger partial charge is 0.115 e. The Morgan fingerprint density at radius 3 is 2.43 bits per heavy atom. The zero-order chi connectivity index (χ0) is 14.9. The summed E-state index contributed by atoms with van der Waals surface area (Å²) in [6.07, 6.45) is 5.25. The summed E-state index contributed by atoms with van der Waals surface area (Å²) >= 11 is 0. The van der Waals surface area contributed by atoms with E-state index in [4.69, 9.17) is 5.26 Å². The molecule has 0 bridgehead atoms. The van der Waals surface area contributed by atoms with Gasteiger partial charge in [0.2, 0.25) is 0 Å². The zero-order valence-corrected chi connectivity index (χ0v) is 12.8. The van der Waals surface area contributed by atoms with Crippen LogP contribution in [0, 0.1) is 16.7 Å². The van der Waals surface area contributed by atoms with Crippen LogP contribution in [0.2, 0.25) is 0 Å². The Morgan fingerprint density at radius 1 is 1.24 bits per heavy atom. The number of nitrogens with zero attached hydrogens (tertiary/aromatic N) is 2. The number of β-amino-alcohol motifs (C(OH)–C–C–N with tert-alkyl or cyclic N) is 1. The van der Waals surface area contributed by atoms with Gasteiger partial charge in [-0.15, -0.1) is 0 Å². The van der Waals surface area contributed by atoms with Gasteiger partial charge in [-0.2, -0.15) is 5.26 Å². The van der Waals surface area contributed by atoms with Gasteiger partial charge in [0.25, 0.3) is 0 Å². The van der Waals surface area contributed by atoms with Gasteiger partial charge in [-0.3, -0.25) is 4.90 Å². The lowest BCUT2D eigenvalue weighted by Gasteiger charge is -2.52. The molecule has 3 rings (SSSR count). The summed E-state index contributed by atoms with van der Waals surface area (Å²) in [7, 11) is 0. The van der Waals surface area contributed by atoms with Crippen molar-refractivity contribution in [3.05, 3.63) is 35.9 Å². The van der Waals surface area contributed by atoms with Gasteiger partial charge in [0.05, 0.1) is 6.07 Å². The van der Waals surface area contributed by atoms with Gasteiger partial charge in [0, 0.05) is 25.6 Å². The second-order valence-corrected chi connectivity index (χ2v) is 7.18.